The van der Waals surface area contributed by atoms with E-state index in [4.69, 9.17) is 18.9 Å². The van der Waals surface area contributed by atoms with Gasteiger partial charge in [0.1, 0.15) is 24.7 Å². The highest BCUT2D eigenvalue weighted by Crippen LogP contribution is 2.22. The van der Waals surface area contributed by atoms with Crippen molar-refractivity contribution in [2.24, 2.45) is 0 Å². The third kappa shape index (κ3) is 6.18. The van der Waals surface area contributed by atoms with E-state index in [1.54, 1.807) is 14.2 Å². The highest BCUT2D eigenvalue weighted by Gasteiger charge is 1.98. The van der Waals surface area contributed by atoms with Gasteiger partial charge in [0.2, 0.25) is 0 Å². The van der Waals surface area contributed by atoms with Crippen LogP contribution in [-0.2, 0) is 9.47 Å². The Balaban J connectivity index is 1.84. The molecule has 0 aliphatic rings. The summed E-state index contributed by atoms with van der Waals surface area (Å²) >= 11 is 0. The fraction of sp³-hybridized carbons (Fsp3) is 0.333. The summed E-state index contributed by atoms with van der Waals surface area (Å²) in [6.07, 6.45) is 0. The summed E-state index contributed by atoms with van der Waals surface area (Å²) in [4.78, 5) is 0. The molecule has 0 unspecified atom stereocenters. The van der Waals surface area contributed by atoms with Gasteiger partial charge in [0.25, 0.3) is 0 Å². The van der Waals surface area contributed by atoms with Gasteiger partial charge >= 0.3 is 0 Å². The molecule has 0 atom stereocenters. The Hall–Kier alpha value is -2.24. The molecule has 5 nitrogen and oxygen atoms in total. The predicted octanol–water partition coefficient (Wildman–Crippen LogP) is 3.48. The quantitative estimate of drug-likeness (QED) is 0.680. The maximum Gasteiger partial charge on any atom is 0.119 e. The Labute approximate surface area is 137 Å². The summed E-state index contributed by atoms with van der Waals surface area (Å²) in [6, 6.07) is 15.6. The molecule has 0 amide bonds. The molecule has 0 aromatic heterocycles. The van der Waals surface area contributed by atoms with Crippen LogP contribution in [0.5, 0.6) is 11.5 Å². The van der Waals surface area contributed by atoms with Crippen LogP contribution >= 0.6 is 0 Å². The first-order valence-electron chi connectivity index (χ1n) is 7.52. The Morgan fingerprint density at radius 2 is 1.00 bits per heavy atom. The lowest BCUT2D eigenvalue weighted by molar-refractivity contribution is 0.146. The van der Waals surface area contributed by atoms with Crippen LogP contribution in [0.25, 0.3) is 0 Å². The van der Waals surface area contributed by atoms with Crippen molar-refractivity contribution in [3.8, 4) is 11.5 Å². The molecule has 0 saturated carbocycles. The number of hydrogen-bond donors (Lipinski definition) is 1. The first-order chi connectivity index (χ1) is 11.3. The second kappa shape index (κ2) is 9.71. The lowest BCUT2D eigenvalue weighted by Gasteiger charge is -2.10. The molecule has 2 aromatic carbocycles. The molecule has 0 radical (unpaired) electrons. The minimum atomic E-state index is 0.549. The summed E-state index contributed by atoms with van der Waals surface area (Å²) < 4.78 is 21.0. The summed E-state index contributed by atoms with van der Waals surface area (Å²) in [6.45, 7) is 2.26. The zero-order valence-electron chi connectivity index (χ0n) is 13.6. The van der Waals surface area contributed by atoms with Gasteiger partial charge in [-0.25, -0.2) is 0 Å². The van der Waals surface area contributed by atoms with Crippen molar-refractivity contribution in [2.75, 3.05) is 46.0 Å². The second-order valence-electron chi connectivity index (χ2n) is 4.86. The fourth-order valence-corrected chi connectivity index (χ4v) is 1.92. The third-order valence-electron chi connectivity index (χ3n) is 3.11. The van der Waals surface area contributed by atoms with Gasteiger partial charge in [0.15, 0.2) is 0 Å². The molecule has 124 valence electrons. The second-order valence-corrected chi connectivity index (χ2v) is 4.86. The standard InChI is InChI=1S/C18H23NO4/c1-20-11-13-22-17-7-3-15(4-8-17)19-16-5-9-18(10-6-16)23-14-12-21-2/h3-10,19H,11-14H2,1-2H3. The zero-order chi connectivity index (χ0) is 16.3. The van der Waals surface area contributed by atoms with Crippen LogP contribution in [0, 0.1) is 0 Å². The molecule has 0 spiro atoms. The number of methoxy groups -OCH3 is 2. The summed E-state index contributed by atoms with van der Waals surface area (Å²) in [7, 11) is 3.31. The van der Waals surface area contributed by atoms with Gasteiger partial charge in [-0.3, -0.25) is 0 Å². The third-order valence-corrected chi connectivity index (χ3v) is 3.11. The first-order valence-corrected chi connectivity index (χ1v) is 7.52. The van der Waals surface area contributed by atoms with Gasteiger partial charge in [-0.1, -0.05) is 0 Å². The molecule has 5 heteroatoms. The van der Waals surface area contributed by atoms with Crippen LogP contribution in [0.2, 0.25) is 0 Å². The van der Waals surface area contributed by atoms with E-state index in [0.29, 0.717) is 26.4 Å². The van der Waals surface area contributed by atoms with E-state index < -0.39 is 0 Å². The van der Waals surface area contributed by atoms with Crippen molar-refractivity contribution in [1.29, 1.82) is 0 Å². The molecule has 1 N–H and O–H groups in total. The normalized spacial score (nSPS) is 10.3. The maximum absolute atomic E-state index is 5.53. The van der Waals surface area contributed by atoms with Crippen LogP contribution in [0.3, 0.4) is 0 Å². The minimum Gasteiger partial charge on any atom is -0.491 e. The van der Waals surface area contributed by atoms with Crippen LogP contribution < -0.4 is 14.8 Å². The molecule has 2 aromatic rings. The molecule has 0 fully saturated rings. The van der Waals surface area contributed by atoms with Crippen molar-refractivity contribution >= 4 is 11.4 Å². The van der Waals surface area contributed by atoms with E-state index in [1.807, 2.05) is 48.5 Å². The number of nitrogens with one attached hydrogen (secondary N) is 1. The smallest absolute Gasteiger partial charge is 0.119 e. The molecule has 0 saturated heterocycles. The van der Waals surface area contributed by atoms with Gasteiger partial charge in [0.05, 0.1) is 13.2 Å². The predicted molar refractivity (Wildman–Crippen MR) is 90.9 cm³/mol. The average molecular weight is 317 g/mol. The van der Waals surface area contributed by atoms with Crippen molar-refractivity contribution in [1.82, 2.24) is 0 Å². The highest BCUT2D eigenvalue weighted by molar-refractivity contribution is 5.60. The number of hydrogen-bond acceptors (Lipinski definition) is 5. The van der Waals surface area contributed by atoms with Crippen LogP contribution in [-0.4, -0.2) is 40.6 Å². The fourth-order valence-electron chi connectivity index (χ4n) is 1.92. The van der Waals surface area contributed by atoms with E-state index in [0.717, 1.165) is 22.9 Å². The van der Waals surface area contributed by atoms with Gasteiger partial charge < -0.3 is 24.3 Å². The van der Waals surface area contributed by atoms with Gasteiger partial charge in [0, 0.05) is 25.6 Å². The molecule has 0 bridgehead atoms. The molecular formula is C18H23NO4. The van der Waals surface area contributed by atoms with Crippen LogP contribution in [0.1, 0.15) is 0 Å². The largest absolute Gasteiger partial charge is 0.491 e. The number of rotatable bonds is 10. The molecule has 0 aliphatic carbocycles. The van der Waals surface area contributed by atoms with Crippen LogP contribution in [0.4, 0.5) is 11.4 Å². The molecule has 23 heavy (non-hydrogen) atoms. The number of ether oxygens (including phenoxy) is 4. The topological polar surface area (TPSA) is 49.0 Å². The van der Waals surface area contributed by atoms with Gasteiger partial charge in [-0.2, -0.15) is 0 Å². The Kier molecular flexibility index (Phi) is 7.23. The molecule has 0 aliphatic heterocycles. The van der Waals surface area contributed by atoms with E-state index in [2.05, 4.69) is 5.32 Å². The molecule has 0 heterocycles. The van der Waals surface area contributed by atoms with Crippen molar-refractivity contribution in [3.05, 3.63) is 48.5 Å². The average Bonchev–Trinajstić information content (AvgIpc) is 2.58. The van der Waals surface area contributed by atoms with E-state index in [-0.39, 0.29) is 0 Å². The lowest BCUT2D eigenvalue weighted by Crippen LogP contribution is -2.04. The minimum absolute atomic E-state index is 0.549. The summed E-state index contributed by atoms with van der Waals surface area (Å²) in [5.41, 5.74) is 1.99. The van der Waals surface area contributed by atoms with E-state index in [1.165, 1.54) is 0 Å². The lowest BCUT2D eigenvalue weighted by atomic mass is 10.2. The number of benzene rings is 2. The Morgan fingerprint density at radius 3 is 1.35 bits per heavy atom. The summed E-state index contributed by atoms with van der Waals surface area (Å²) in [5.74, 6) is 1.66. The van der Waals surface area contributed by atoms with Crippen molar-refractivity contribution in [2.45, 2.75) is 0 Å². The first kappa shape index (κ1) is 17.1. The monoisotopic (exact) mass is 317 g/mol. The van der Waals surface area contributed by atoms with Crippen molar-refractivity contribution in [3.63, 3.8) is 0 Å². The SMILES string of the molecule is COCCOc1ccc(Nc2ccc(OCCOC)cc2)cc1. The molecular weight excluding hydrogens is 294 g/mol. The zero-order valence-corrected chi connectivity index (χ0v) is 13.6. The maximum atomic E-state index is 5.53. The molecule has 2 rings (SSSR count). The van der Waals surface area contributed by atoms with Gasteiger partial charge in [-0.15, -0.1) is 0 Å². The van der Waals surface area contributed by atoms with E-state index >= 15 is 0 Å². The Morgan fingerprint density at radius 1 is 0.609 bits per heavy atom. The van der Waals surface area contributed by atoms with Gasteiger partial charge in [-0.05, 0) is 48.5 Å². The van der Waals surface area contributed by atoms with E-state index in [9.17, 15) is 0 Å². The Bertz CT molecular complexity index is 503. The highest BCUT2D eigenvalue weighted by atomic mass is 16.5. The van der Waals surface area contributed by atoms with Crippen molar-refractivity contribution < 1.29 is 18.9 Å². The van der Waals surface area contributed by atoms with Crippen LogP contribution in [0.15, 0.2) is 48.5 Å². The summed E-state index contributed by atoms with van der Waals surface area (Å²) in [5, 5.41) is 3.33. The number of anilines is 2.